The fourth-order valence-electron chi connectivity index (χ4n) is 2.53. The van der Waals surface area contributed by atoms with Gasteiger partial charge in [0, 0.05) is 11.6 Å². The molecule has 0 aromatic carbocycles. The first kappa shape index (κ1) is 13.7. The van der Waals surface area contributed by atoms with Crippen LogP contribution in [0.3, 0.4) is 0 Å². The van der Waals surface area contributed by atoms with Crippen molar-refractivity contribution in [3.8, 4) is 17.5 Å². The maximum absolute atomic E-state index is 12.9. The Morgan fingerprint density at radius 2 is 2.09 bits per heavy atom. The summed E-state index contributed by atoms with van der Waals surface area (Å²) in [5.41, 5.74) is 1.60. The fourth-order valence-corrected chi connectivity index (χ4v) is 2.53. The predicted octanol–water partition coefficient (Wildman–Crippen LogP) is 3.03. The Labute approximate surface area is 129 Å². The Morgan fingerprint density at radius 1 is 1.26 bits per heavy atom. The summed E-state index contributed by atoms with van der Waals surface area (Å²) in [6.07, 6.45) is 0.662. The van der Waals surface area contributed by atoms with Crippen molar-refractivity contribution in [2.45, 2.75) is 25.3 Å². The number of imidazole rings is 1. The Kier molecular flexibility index (Phi) is 3.01. The van der Waals surface area contributed by atoms with Gasteiger partial charge in [-0.2, -0.15) is 10.4 Å². The first-order valence-electron chi connectivity index (χ1n) is 7.07. The molecule has 0 N–H and O–H groups in total. The number of fused-ring (bicyclic) bond motifs is 1. The van der Waals surface area contributed by atoms with Gasteiger partial charge in [-0.25, -0.2) is 18.7 Å². The molecule has 3 aromatic heterocycles. The third-order valence-corrected chi connectivity index (χ3v) is 3.72. The highest BCUT2D eigenvalue weighted by Gasteiger charge is 2.30. The minimum Gasteiger partial charge on any atom is -0.305 e. The minimum absolute atomic E-state index is 0.222. The number of halogens is 2. The van der Waals surface area contributed by atoms with Crippen molar-refractivity contribution in [1.29, 1.82) is 5.26 Å². The molecule has 0 bridgehead atoms. The Morgan fingerprint density at radius 3 is 2.78 bits per heavy atom. The van der Waals surface area contributed by atoms with Crippen LogP contribution in [-0.2, 0) is 0 Å². The number of hydrogen-bond donors (Lipinski definition) is 0. The summed E-state index contributed by atoms with van der Waals surface area (Å²) in [5, 5.41) is 16.1. The second-order valence-corrected chi connectivity index (χ2v) is 5.36. The van der Waals surface area contributed by atoms with Crippen molar-refractivity contribution in [2.75, 3.05) is 0 Å². The number of nitriles is 1. The summed E-state index contributed by atoms with van der Waals surface area (Å²) < 4.78 is 27.6. The van der Waals surface area contributed by atoms with Crippen molar-refractivity contribution in [3.63, 3.8) is 0 Å². The van der Waals surface area contributed by atoms with Gasteiger partial charge < -0.3 is 4.57 Å². The number of aromatic nitrogens is 5. The summed E-state index contributed by atoms with van der Waals surface area (Å²) in [6.45, 7) is 0. The van der Waals surface area contributed by atoms with E-state index >= 15 is 0 Å². The Bertz CT molecular complexity index is 939. The normalized spacial score (nSPS) is 14.3. The molecular weight excluding hydrogens is 302 g/mol. The first-order valence-corrected chi connectivity index (χ1v) is 7.07. The van der Waals surface area contributed by atoms with E-state index in [1.54, 1.807) is 12.1 Å². The van der Waals surface area contributed by atoms with Crippen LogP contribution < -0.4 is 0 Å². The summed E-state index contributed by atoms with van der Waals surface area (Å²) >= 11 is 0. The fraction of sp³-hybridized carbons (Fsp3) is 0.267. The lowest BCUT2D eigenvalue weighted by atomic mass is 10.2. The van der Waals surface area contributed by atoms with Crippen LogP contribution in [0, 0.1) is 11.3 Å². The van der Waals surface area contributed by atoms with Crippen LogP contribution in [0.1, 0.15) is 36.7 Å². The van der Waals surface area contributed by atoms with Crippen LogP contribution in [0.25, 0.3) is 22.6 Å². The van der Waals surface area contributed by atoms with Gasteiger partial charge in [-0.1, -0.05) is 0 Å². The van der Waals surface area contributed by atoms with Crippen molar-refractivity contribution < 1.29 is 8.78 Å². The zero-order valence-corrected chi connectivity index (χ0v) is 11.8. The van der Waals surface area contributed by atoms with Crippen molar-refractivity contribution in [3.05, 3.63) is 35.8 Å². The minimum atomic E-state index is -2.69. The molecule has 8 heteroatoms. The number of rotatable bonds is 3. The molecule has 0 atom stereocenters. The molecule has 23 heavy (non-hydrogen) atoms. The average molecular weight is 312 g/mol. The smallest absolute Gasteiger partial charge is 0.282 e. The standard InChI is InChI=1S/C15H10F2N6/c16-13(17)12-5-8(7-19-22-12)14-21-11-4-1-9(6-18)20-15(11)23(14)10-2-3-10/h1,4-5,7,10,13H,2-3H2. The van der Waals surface area contributed by atoms with E-state index in [4.69, 9.17) is 5.26 Å². The number of hydrogen-bond acceptors (Lipinski definition) is 5. The third-order valence-electron chi connectivity index (χ3n) is 3.72. The zero-order chi connectivity index (χ0) is 16.0. The number of pyridine rings is 1. The molecule has 1 aliphatic rings. The van der Waals surface area contributed by atoms with Gasteiger partial charge in [-0.05, 0) is 31.0 Å². The maximum Gasteiger partial charge on any atom is 0.282 e. The molecule has 1 fully saturated rings. The summed E-state index contributed by atoms with van der Waals surface area (Å²) in [5.74, 6) is 0.530. The topological polar surface area (TPSA) is 80.3 Å². The van der Waals surface area contributed by atoms with Gasteiger partial charge in [-0.15, -0.1) is 5.10 Å². The van der Waals surface area contributed by atoms with Gasteiger partial charge in [0.15, 0.2) is 5.65 Å². The molecule has 0 aliphatic heterocycles. The highest BCUT2D eigenvalue weighted by molar-refractivity contribution is 5.78. The molecule has 0 saturated heterocycles. The Hall–Kier alpha value is -2.95. The molecule has 4 rings (SSSR count). The van der Waals surface area contributed by atoms with Gasteiger partial charge in [0.1, 0.15) is 28.8 Å². The van der Waals surface area contributed by atoms with Gasteiger partial charge in [-0.3, -0.25) is 0 Å². The first-order chi connectivity index (χ1) is 11.2. The molecular formula is C15H10F2N6. The second-order valence-electron chi connectivity index (χ2n) is 5.36. The maximum atomic E-state index is 12.9. The molecule has 1 saturated carbocycles. The van der Waals surface area contributed by atoms with Gasteiger partial charge in [0.2, 0.25) is 0 Å². The molecule has 0 spiro atoms. The predicted molar refractivity (Wildman–Crippen MR) is 76.5 cm³/mol. The molecule has 3 aromatic rings. The highest BCUT2D eigenvalue weighted by atomic mass is 19.3. The molecule has 0 amide bonds. The monoisotopic (exact) mass is 312 g/mol. The van der Waals surface area contributed by atoms with E-state index < -0.39 is 6.43 Å². The lowest BCUT2D eigenvalue weighted by Crippen LogP contribution is -2.01. The van der Waals surface area contributed by atoms with Crippen molar-refractivity contribution >= 4 is 11.2 Å². The molecule has 6 nitrogen and oxygen atoms in total. The van der Waals surface area contributed by atoms with Gasteiger partial charge in [0.05, 0.1) is 6.20 Å². The van der Waals surface area contributed by atoms with Crippen LogP contribution in [0.5, 0.6) is 0 Å². The van der Waals surface area contributed by atoms with E-state index in [0.29, 0.717) is 28.2 Å². The van der Waals surface area contributed by atoms with Crippen LogP contribution in [0.4, 0.5) is 8.78 Å². The molecule has 1 aliphatic carbocycles. The van der Waals surface area contributed by atoms with E-state index in [2.05, 4.69) is 20.2 Å². The second kappa shape index (κ2) is 5.05. The lowest BCUT2D eigenvalue weighted by Gasteiger charge is -2.07. The molecule has 3 heterocycles. The number of alkyl halides is 2. The SMILES string of the molecule is N#Cc1ccc2nc(-c3cnnc(C(F)F)c3)n(C3CC3)c2n1. The van der Waals surface area contributed by atoms with E-state index in [9.17, 15) is 8.78 Å². The summed E-state index contributed by atoms with van der Waals surface area (Å²) in [6, 6.07) is 6.82. The van der Waals surface area contributed by atoms with E-state index in [0.717, 1.165) is 12.8 Å². The van der Waals surface area contributed by atoms with Gasteiger partial charge >= 0.3 is 0 Å². The Balaban J connectivity index is 1.95. The van der Waals surface area contributed by atoms with E-state index in [1.807, 2.05) is 10.6 Å². The molecule has 0 unspecified atom stereocenters. The summed E-state index contributed by atoms with van der Waals surface area (Å²) in [4.78, 5) is 8.81. The number of nitrogens with zero attached hydrogens (tertiary/aromatic N) is 6. The summed E-state index contributed by atoms with van der Waals surface area (Å²) in [7, 11) is 0. The van der Waals surface area contributed by atoms with Crippen LogP contribution >= 0.6 is 0 Å². The van der Waals surface area contributed by atoms with Crippen LogP contribution in [0.15, 0.2) is 24.4 Å². The highest BCUT2D eigenvalue weighted by Crippen LogP contribution is 2.40. The van der Waals surface area contributed by atoms with Crippen LogP contribution in [0.2, 0.25) is 0 Å². The largest absolute Gasteiger partial charge is 0.305 e. The van der Waals surface area contributed by atoms with Crippen molar-refractivity contribution in [2.24, 2.45) is 0 Å². The zero-order valence-electron chi connectivity index (χ0n) is 11.8. The van der Waals surface area contributed by atoms with E-state index in [1.165, 1.54) is 12.3 Å². The lowest BCUT2D eigenvalue weighted by molar-refractivity contribution is 0.145. The van der Waals surface area contributed by atoms with Crippen LogP contribution in [-0.4, -0.2) is 24.7 Å². The van der Waals surface area contributed by atoms with Crippen molar-refractivity contribution in [1.82, 2.24) is 24.7 Å². The van der Waals surface area contributed by atoms with Gasteiger partial charge in [0.25, 0.3) is 6.43 Å². The third kappa shape index (κ3) is 2.30. The molecule has 114 valence electrons. The molecule has 0 radical (unpaired) electrons. The quantitative estimate of drug-likeness (QED) is 0.742. The average Bonchev–Trinajstić information content (AvgIpc) is 3.34. The van der Waals surface area contributed by atoms with E-state index in [-0.39, 0.29) is 11.7 Å².